The smallest absolute Gasteiger partial charge is 0.379 e. The average molecular weight is 312 g/mol. The molecule has 1 saturated heterocycles. The third kappa shape index (κ3) is 4.68. The van der Waals surface area contributed by atoms with Crippen LogP contribution in [0.4, 0.5) is 5.69 Å². The molecular formula is C18H20N2O3. The summed E-state index contributed by atoms with van der Waals surface area (Å²) in [6, 6.07) is 10.1. The van der Waals surface area contributed by atoms with Crippen LogP contribution in [0.15, 0.2) is 30.3 Å². The third-order valence-corrected chi connectivity index (χ3v) is 3.84. The first kappa shape index (κ1) is 16.8. The van der Waals surface area contributed by atoms with Crippen molar-refractivity contribution < 1.29 is 14.3 Å². The number of ether oxygens (including phenoxy) is 1. The maximum atomic E-state index is 11.5. The Morgan fingerprint density at radius 2 is 1.96 bits per heavy atom. The molecule has 1 aromatic carbocycles. The molecule has 1 aromatic rings. The second kappa shape index (κ2) is 8.14. The molecule has 0 amide bonds. The average Bonchev–Trinajstić information content (AvgIpc) is 2.60. The molecule has 5 heteroatoms. The van der Waals surface area contributed by atoms with Crippen LogP contribution < -0.4 is 4.90 Å². The lowest BCUT2D eigenvalue weighted by Crippen LogP contribution is -2.33. The molecule has 1 aliphatic rings. The van der Waals surface area contributed by atoms with Crippen molar-refractivity contribution in [2.24, 2.45) is 5.92 Å². The highest BCUT2D eigenvalue weighted by Crippen LogP contribution is 2.23. The van der Waals surface area contributed by atoms with Crippen LogP contribution >= 0.6 is 0 Å². The SMILES string of the molecule is CCOC(=O)C(=O)/C=C/c1ccc(N2CCC(C#N)CC2)cc1. The number of carbonyl (C=O) groups is 2. The summed E-state index contributed by atoms with van der Waals surface area (Å²) < 4.78 is 4.64. The number of hydrogen-bond donors (Lipinski definition) is 0. The Kier molecular flexibility index (Phi) is 5.93. The molecule has 0 aliphatic carbocycles. The molecule has 1 heterocycles. The summed E-state index contributed by atoms with van der Waals surface area (Å²) in [6.45, 7) is 3.62. The van der Waals surface area contributed by atoms with Crippen LogP contribution in [0, 0.1) is 17.2 Å². The van der Waals surface area contributed by atoms with Gasteiger partial charge in [-0.1, -0.05) is 18.2 Å². The Bertz CT molecular complexity index is 621. The standard InChI is InChI=1S/C18H20N2O3/c1-2-23-18(22)17(21)8-5-14-3-6-16(7-4-14)20-11-9-15(13-19)10-12-20/h3-8,15H,2,9-12H2,1H3/b8-5+. The number of ketones is 1. The zero-order valence-electron chi connectivity index (χ0n) is 13.2. The van der Waals surface area contributed by atoms with Gasteiger partial charge in [-0.2, -0.15) is 5.26 Å². The molecule has 0 bridgehead atoms. The fourth-order valence-corrected chi connectivity index (χ4v) is 2.51. The van der Waals surface area contributed by atoms with Gasteiger partial charge in [-0.25, -0.2) is 4.79 Å². The van der Waals surface area contributed by atoms with Gasteiger partial charge in [-0.15, -0.1) is 0 Å². The van der Waals surface area contributed by atoms with Crippen molar-refractivity contribution >= 4 is 23.5 Å². The minimum absolute atomic E-state index is 0.169. The minimum atomic E-state index is -0.833. The molecular weight excluding hydrogens is 292 g/mol. The monoisotopic (exact) mass is 312 g/mol. The van der Waals surface area contributed by atoms with E-state index in [0.717, 1.165) is 37.2 Å². The van der Waals surface area contributed by atoms with Gasteiger partial charge in [0, 0.05) is 24.7 Å². The highest BCUT2D eigenvalue weighted by atomic mass is 16.5. The highest BCUT2D eigenvalue weighted by Gasteiger charge is 2.18. The Balaban J connectivity index is 1.94. The lowest BCUT2D eigenvalue weighted by molar-refractivity contribution is -0.151. The molecule has 2 rings (SSSR count). The first-order valence-electron chi connectivity index (χ1n) is 7.78. The number of nitrogens with zero attached hydrogens (tertiary/aromatic N) is 2. The Hall–Kier alpha value is -2.61. The lowest BCUT2D eigenvalue weighted by Gasteiger charge is -2.31. The fourth-order valence-electron chi connectivity index (χ4n) is 2.51. The first-order valence-corrected chi connectivity index (χ1v) is 7.78. The molecule has 0 saturated carbocycles. The molecule has 23 heavy (non-hydrogen) atoms. The van der Waals surface area contributed by atoms with Crippen LogP contribution in [0.5, 0.6) is 0 Å². The van der Waals surface area contributed by atoms with Crippen LogP contribution in [0.2, 0.25) is 0 Å². The highest BCUT2D eigenvalue weighted by molar-refractivity contribution is 6.39. The number of esters is 1. The van der Waals surface area contributed by atoms with E-state index in [1.807, 2.05) is 24.3 Å². The maximum Gasteiger partial charge on any atom is 0.379 e. The van der Waals surface area contributed by atoms with Crippen molar-refractivity contribution in [2.45, 2.75) is 19.8 Å². The molecule has 0 unspecified atom stereocenters. The van der Waals surface area contributed by atoms with Crippen LogP contribution in [-0.4, -0.2) is 31.4 Å². The summed E-state index contributed by atoms with van der Waals surface area (Å²) in [4.78, 5) is 25.0. The Labute approximate surface area is 136 Å². The summed E-state index contributed by atoms with van der Waals surface area (Å²) in [5.74, 6) is -1.32. The van der Waals surface area contributed by atoms with E-state index in [9.17, 15) is 9.59 Å². The van der Waals surface area contributed by atoms with E-state index in [2.05, 4.69) is 15.7 Å². The molecule has 0 spiro atoms. The lowest BCUT2D eigenvalue weighted by atomic mass is 9.98. The van der Waals surface area contributed by atoms with E-state index in [-0.39, 0.29) is 12.5 Å². The Morgan fingerprint density at radius 3 is 2.52 bits per heavy atom. The van der Waals surface area contributed by atoms with Gasteiger partial charge in [0.15, 0.2) is 0 Å². The quantitative estimate of drug-likeness (QED) is 0.475. The van der Waals surface area contributed by atoms with E-state index in [1.165, 1.54) is 6.08 Å². The van der Waals surface area contributed by atoms with E-state index in [4.69, 9.17) is 5.26 Å². The van der Waals surface area contributed by atoms with E-state index in [1.54, 1.807) is 13.0 Å². The number of carbonyl (C=O) groups excluding carboxylic acids is 2. The van der Waals surface area contributed by atoms with Gasteiger partial charge in [-0.05, 0) is 43.5 Å². The van der Waals surface area contributed by atoms with Crippen molar-refractivity contribution in [3.63, 3.8) is 0 Å². The molecule has 120 valence electrons. The molecule has 1 aliphatic heterocycles. The predicted molar refractivity (Wildman–Crippen MR) is 87.7 cm³/mol. The van der Waals surface area contributed by atoms with Gasteiger partial charge in [0.2, 0.25) is 0 Å². The van der Waals surface area contributed by atoms with Crippen molar-refractivity contribution in [3.05, 3.63) is 35.9 Å². The van der Waals surface area contributed by atoms with E-state index in [0.29, 0.717) is 0 Å². The van der Waals surface area contributed by atoms with Crippen LogP contribution in [0.3, 0.4) is 0 Å². The van der Waals surface area contributed by atoms with Gasteiger partial charge < -0.3 is 9.64 Å². The minimum Gasteiger partial charge on any atom is -0.460 e. The molecule has 5 nitrogen and oxygen atoms in total. The normalized spacial score (nSPS) is 15.4. The molecule has 0 atom stereocenters. The van der Waals surface area contributed by atoms with Gasteiger partial charge in [0.1, 0.15) is 0 Å². The van der Waals surface area contributed by atoms with Crippen molar-refractivity contribution in [2.75, 3.05) is 24.6 Å². The number of benzene rings is 1. The largest absolute Gasteiger partial charge is 0.460 e. The van der Waals surface area contributed by atoms with E-state index < -0.39 is 11.8 Å². The van der Waals surface area contributed by atoms with Gasteiger partial charge in [-0.3, -0.25) is 4.79 Å². The maximum absolute atomic E-state index is 11.5. The second-order valence-corrected chi connectivity index (χ2v) is 5.40. The zero-order chi connectivity index (χ0) is 16.7. The van der Waals surface area contributed by atoms with Crippen LogP contribution in [-0.2, 0) is 14.3 Å². The van der Waals surface area contributed by atoms with Gasteiger partial charge in [0.05, 0.1) is 12.7 Å². The molecule has 0 radical (unpaired) electrons. The van der Waals surface area contributed by atoms with Gasteiger partial charge >= 0.3 is 5.97 Å². The fraction of sp³-hybridized carbons (Fsp3) is 0.389. The molecule has 0 N–H and O–H groups in total. The first-order chi connectivity index (χ1) is 11.1. The summed E-state index contributed by atoms with van der Waals surface area (Å²) in [7, 11) is 0. The van der Waals surface area contributed by atoms with Gasteiger partial charge in [0.25, 0.3) is 5.78 Å². The topological polar surface area (TPSA) is 70.4 Å². The van der Waals surface area contributed by atoms with E-state index >= 15 is 0 Å². The predicted octanol–water partition coefficient (Wildman–Crippen LogP) is 2.57. The van der Waals surface area contributed by atoms with Crippen molar-refractivity contribution in [1.82, 2.24) is 0 Å². The summed E-state index contributed by atoms with van der Waals surface area (Å²) in [5, 5.41) is 8.92. The summed E-state index contributed by atoms with van der Waals surface area (Å²) in [6.07, 6.45) is 4.62. The molecule has 1 fully saturated rings. The number of hydrogen-bond acceptors (Lipinski definition) is 5. The van der Waals surface area contributed by atoms with Crippen LogP contribution in [0.1, 0.15) is 25.3 Å². The number of rotatable bonds is 5. The summed E-state index contributed by atoms with van der Waals surface area (Å²) in [5.41, 5.74) is 1.95. The van der Waals surface area contributed by atoms with Crippen molar-refractivity contribution in [1.29, 1.82) is 5.26 Å². The number of nitriles is 1. The molecule has 0 aromatic heterocycles. The second-order valence-electron chi connectivity index (χ2n) is 5.40. The van der Waals surface area contributed by atoms with Crippen molar-refractivity contribution in [3.8, 4) is 6.07 Å². The number of anilines is 1. The zero-order valence-corrected chi connectivity index (χ0v) is 13.2. The van der Waals surface area contributed by atoms with Crippen LogP contribution in [0.25, 0.3) is 6.08 Å². The third-order valence-electron chi connectivity index (χ3n) is 3.84. The summed E-state index contributed by atoms with van der Waals surface area (Å²) >= 11 is 0. The number of piperidine rings is 1. The Morgan fingerprint density at radius 1 is 1.30 bits per heavy atom.